The first-order valence-corrected chi connectivity index (χ1v) is 7.03. The zero-order valence-corrected chi connectivity index (χ0v) is 12.8. The maximum absolute atomic E-state index is 12.0. The van der Waals surface area contributed by atoms with E-state index in [2.05, 4.69) is 19.2 Å². The fourth-order valence-electron chi connectivity index (χ4n) is 2.51. The van der Waals surface area contributed by atoms with Crippen molar-refractivity contribution in [2.45, 2.75) is 51.7 Å². The van der Waals surface area contributed by atoms with Crippen LogP contribution in [0.5, 0.6) is 0 Å². The number of carboxylic acid groups (broad SMARTS) is 1. The van der Waals surface area contributed by atoms with E-state index >= 15 is 0 Å². The van der Waals surface area contributed by atoms with Crippen molar-refractivity contribution in [3.63, 3.8) is 0 Å². The lowest BCUT2D eigenvalue weighted by Gasteiger charge is -2.38. The summed E-state index contributed by atoms with van der Waals surface area (Å²) in [5.74, 6) is -1.07. The molecule has 0 aromatic carbocycles. The lowest BCUT2D eigenvalue weighted by Crippen LogP contribution is -2.48. The van der Waals surface area contributed by atoms with Crippen LogP contribution in [0.4, 0.5) is 4.79 Å². The maximum Gasteiger partial charge on any atom is 0.334 e. The van der Waals surface area contributed by atoms with Crippen LogP contribution in [0, 0.1) is 5.41 Å². The molecule has 1 rings (SSSR count). The van der Waals surface area contributed by atoms with Crippen LogP contribution in [0.25, 0.3) is 0 Å². The summed E-state index contributed by atoms with van der Waals surface area (Å²) in [7, 11) is 3.08. The van der Waals surface area contributed by atoms with Gasteiger partial charge in [-0.15, -0.1) is 0 Å². The number of rotatable bonds is 5. The Morgan fingerprint density at radius 2 is 1.95 bits per heavy atom. The number of carbonyl (C=O) groups excluding carboxylic acids is 1. The Bertz CT molecular complexity index is 347. The van der Waals surface area contributed by atoms with Gasteiger partial charge in [0.15, 0.2) is 6.10 Å². The second kappa shape index (κ2) is 6.92. The number of hydrogen-bond donors (Lipinski definition) is 2. The summed E-state index contributed by atoms with van der Waals surface area (Å²) in [6.07, 6.45) is 3.18. The minimum absolute atomic E-state index is 0.0206. The summed E-state index contributed by atoms with van der Waals surface area (Å²) in [6, 6.07) is -0.00754. The van der Waals surface area contributed by atoms with Crippen LogP contribution in [0.3, 0.4) is 0 Å². The molecule has 1 unspecified atom stereocenters. The largest absolute Gasteiger partial charge is 0.479 e. The minimum atomic E-state index is -1.07. The molecule has 2 amide bonds. The first-order chi connectivity index (χ1) is 9.26. The molecule has 0 radical (unpaired) electrons. The Morgan fingerprint density at radius 1 is 1.40 bits per heavy atom. The van der Waals surface area contributed by atoms with Crippen molar-refractivity contribution in [3.05, 3.63) is 0 Å². The highest BCUT2D eigenvalue weighted by Crippen LogP contribution is 2.36. The van der Waals surface area contributed by atoms with Crippen LogP contribution in [0.2, 0.25) is 0 Å². The van der Waals surface area contributed by atoms with Gasteiger partial charge in [-0.1, -0.05) is 13.8 Å². The number of nitrogens with one attached hydrogen (secondary N) is 1. The first kappa shape index (κ1) is 16.8. The number of carbonyl (C=O) groups is 2. The fourth-order valence-corrected chi connectivity index (χ4v) is 2.51. The van der Waals surface area contributed by atoms with E-state index in [9.17, 15) is 9.59 Å². The third-order valence-corrected chi connectivity index (χ3v) is 4.18. The molecule has 116 valence electrons. The number of hydrogen-bond acceptors (Lipinski definition) is 3. The van der Waals surface area contributed by atoms with Gasteiger partial charge in [-0.3, -0.25) is 0 Å². The standard InChI is InChI=1S/C14H26N2O4/c1-14(2)7-5-10(6-8-14)16(3)13(19)15-9-11(20-4)12(17)18/h10-11H,5-9H2,1-4H3,(H,15,19)(H,17,18). The molecule has 0 spiro atoms. The summed E-state index contributed by atoms with van der Waals surface area (Å²) < 4.78 is 4.78. The second-order valence-corrected chi connectivity index (χ2v) is 6.25. The Hall–Kier alpha value is -1.30. The van der Waals surface area contributed by atoms with Crippen LogP contribution >= 0.6 is 0 Å². The normalized spacial score (nSPS) is 20.2. The van der Waals surface area contributed by atoms with Crippen molar-refractivity contribution in [2.75, 3.05) is 20.7 Å². The van der Waals surface area contributed by atoms with Crippen molar-refractivity contribution >= 4 is 12.0 Å². The third kappa shape index (κ3) is 4.67. The topological polar surface area (TPSA) is 78.9 Å². The van der Waals surface area contributed by atoms with Crippen molar-refractivity contribution < 1.29 is 19.4 Å². The summed E-state index contributed by atoms with van der Waals surface area (Å²) in [4.78, 5) is 24.5. The molecule has 0 aliphatic heterocycles. The molecule has 1 aliphatic carbocycles. The monoisotopic (exact) mass is 286 g/mol. The smallest absolute Gasteiger partial charge is 0.334 e. The van der Waals surface area contributed by atoms with Gasteiger partial charge in [-0.2, -0.15) is 0 Å². The van der Waals surface area contributed by atoms with Crippen LogP contribution in [-0.4, -0.2) is 54.9 Å². The molecule has 0 heterocycles. The van der Waals surface area contributed by atoms with Crippen molar-refractivity contribution in [1.82, 2.24) is 10.2 Å². The predicted molar refractivity (Wildman–Crippen MR) is 75.6 cm³/mol. The van der Waals surface area contributed by atoms with E-state index in [1.807, 2.05) is 0 Å². The molecule has 6 nitrogen and oxygen atoms in total. The molecule has 0 saturated heterocycles. The zero-order valence-electron chi connectivity index (χ0n) is 12.8. The minimum Gasteiger partial charge on any atom is -0.479 e. The molecule has 0 bridgehead atoms. The van der Waals surface area contributed by atoms with Gasteiger partial charge in [0, 0.05) is 20.2 Å². The van der Waals surface area contributed by atoms with E-state index in [-0.39, 0.29) is 18.6 Å². The third-order valence-electron chi connectivity index (χ3n) is 4.18. The van der Waals surface area contributed by atoms with E-state index in [0.717, 1.165) is 25.7 Å². The molecule has 1 aliphatic rings. The van der Waals surface area contributed by atoms with Crippen LogP contribution in [-0.2, 0) is 9.53 Å². The number of carboxylic acids is 1. The van der Waals surface area contributed by atoms with Gasteiger partial charge in [0.25, 0.3) is 0 Å². The van der Waals surface area contributed by atoms with Crippen LogP contribution in [0.1, 0.15) is 39.5 Å². The van der Waals surface area contributed by atoms with Gasteiger partial charge < -0.3 is 20.1 Å². The van der Waals surface area contributed by atoms with Gasteiger partial charge in [0.2, 0.25) is 0 Å². The maximum atomic E-state index is 12.0. The van der Waals surface area contributed by atoms with Gasteiger partial charge >= 0.3 is 12.0 Å². The van der Waals surface area contributed by atoms with Crippen molar-refractivity contribution in [2.24, 2.45) is 5.41 Å². The lowest BCUT2D eigenvalue weighted by atomic mass is 9.75. The van der Waals surface area contributed by atoms with Gasteiger partial charge in [-0.05, 0) is 31.1 Å². The molecule has 1 saturated carbocycles. The molecule has 1 fully saturated rings. The van der Waals surface area contributed by atoms with Gasteiger partial charge in [0.05, 0.1) is 6.54 Å². The number of urea groups is 1. The number of nitrogens with zero attached hydrogens (tertiary/aromatic N) is 1. The Labute approximate surface area is 120 Å². The number of methoxy groups -OCH3 is 1. The molecule has 20 heavy (non-hydrogen) atoms. The van der Waals surface area contributed by atoms with E-state index in [1.165, 1.54) is 7.11 Å². The Morgan fingerprint density at radius 3 is 2.40 bits per heavy atom. The van der Waals surface area contributed by atoms with E-state index in [4.69, 9.17) is 9.84 Å². The second-order valence-electron chi connectivity index (χ2n) is 6.25. The summed E-state index contributed by atoms with van der Waals surface area (Å²) in [6.45, 7) is 4.48. The molecular weight excluding hydrogens is 260 g/mol. The quantitative estimate of drug-likeness (QED) is 0.806. The number of ether oxygens (including phenoxy) is 1. The van der Waals surface area contributed by atoms with E-state index in [0.29, 0.717) is 5.41 Å². The van der Waals surface area contributed by atoms with Crippen LogP contribution in [0.15, 0.2) is 0 Å². The van der Waals surface area contributed by atoms with Crippen LogP contribution < -0.4 is 5.32 Å². The highest BCUT2D eigenvalue weighted by molar-refractivity contribution is 5.77. The fraction of sp³-hybridized carbons (Fsp3) is 0.857. The molecule has 0 aromatic rings. The van der Waals surface area contributed by atoms with E-state index < -0.39 is 12.1 Å². The van der Waals surface area contributed by atoms with Crippen molar-refractivity contribution in [3.8, 4) is 0 Å². The van der Waals surface area contributed by atoms with Gasteiger partial charge in [-0.25, -0.2) is 9.59 Å². The molecule has 1 atom stereocenters. The highest BCUT2D eigenvalue weighted by atomic mass is 16.5. The van der Waals surface area contributed by atoms with Gasteiger partial charge in [0.1, 0.15) is 0 Å². The zero-order chi connectivity index (χ0) is 15.3. The number of amides is 2. The SMILES string of the molecule is COC(CNC(=O)N(C)C1CCC(C)(C)CC1)C(=O)O. The highest BCUT2D eigenvalue weighted by Gasteiger charge is 2.30. The average molecular weight is 286 g/mol. The number of aliphatic carboxylic acids is 1. The summed E-state index contributed by atoms with van der Waals surface area (Å²) in [5, 5.41) is 11.5. The molecule has 6 heteroatoms. The lowest BCUT2D eigenvalue weighted by molar-refractivity contribution is -0.148. The predicted octanol–water partition coefficient (Wildman–Crippen LogP) is 1.70. The molecule has 0 aromatic heterocycles. The first-order valence-electron chi connectivity index (χ1n) is 7.03. The van der Waals surface area contributed by atoms with E-state index in [1.54, 1.807) is 11.9 Å². The average Bonchev–Trinajstić information content (AvgIpc) is 2.38. The van der Waals surface area contributed by atoms with Crippen molar-refractivity contribution in [1.29, 1.82) is 0 Å². The summed E-state index contributed by atoms with van der Waals surface area (Å²) >= 11 is 0. The Kier molecular flexibility index (Phi) is 5.80. The molecule has 2 N–H and O–H groups in total. The molecular formula is C14H26N2O4. The Balaban J connectivity index is 2.41. The summed E-state index contributed by atoms with van der Waals surface area (Å²) in [5.41, 5.74) is 0.359.